The van der Waals surface area contributed by atoms with Crippen LogP contribution in [0.1, 0.15) is 11.4 Å². The lowest BCUT2D eigenvalue weighted by Crippen LogP contribution is -2.04. The summed E-state index contributed by atoms with van der Waals surface area (Å²) in [7, 11) is 0. The summed E-state index contributed by atoms with van der Waals surface area (Å²) < 4.78 is 4.29. The minimum absolute atomic E-state index is 0.739. The second-order valence-electron chi connectivity index (χ2n) is 7.91. The van der Waals surface area contributed by atoms with E-state index < -0.39 is 0 Å². The number of benzene rings is 4. The molecule has 5 heteroatoms. The van der Waals surface area contributed by atoms with Crippen LogP contribution in [-0.4, -0.2) is 25.3 Å². The van der Waals surface area contributed by atoms with Gasteiger partial charge in [0.25, 0.3) is 0 Å². The summed E-state index contributed by atoms with van der Waals surface area (Å²) in [6.07, 6.45) is 3.70. The molecule has 33 heavy (non-hydrogen) atoms. The minimum atomic E-state index is 0.739. The fourth-order valence-corrected chi connectivity index (χ4v) is 4.13. The zero-order chi connectivity index (χ0) is 22.0. The standard InChI is InChI=1S/C28H21N5/c1-3-9-21(10-4-1)19-32-26-14-8-7-13-24(26)31-28(32)18-29-22-15-16-27-25(17-22)30-20-33(27)23-11-5-2-6-12-23/h1-18,20H,19H2. The number of aliphatic imine (C=N–C) groups is 1. The summed E-state index contributed by atoms with van der Waals surface area (Å²) in [5.74, 6) is 0.829. The maximum Gasteiger partial charge on any atom is 0.152 e. The SMILES string of the molecule is C(=Nc1ccc2c(c1)ncn2-c1ccccc1)c1nc2ccccc2n1Cc1ccccc1. The Kier molecular flexibility index (Phi) is 4.77. The van der Waals surface area contributed by atoms with Gasteiger partial charge in [-0.1, -0.05) is 60.7 Å². The third-order valence-corrected chi connectivity index (χ3v) is 5.76. The number of para-hydroxylation sites is 3. The van der Waals surface area contributed by atoms with Gasteiger partial charge in [0.2, 0.25) is 0 Å². The molecule has 6 aromatic rings. The van der Waals surface area contributed by atoms with Crippen molar-refractivity contribution in [2.45, 2.75) is 6.54 Å². The fourth-order valence-electron chi connectivity index (χ4n) is 4.13. The predicted octanol–water partition coefficient (Wildman–Crippen LogP) is 6.17. The van der Waals surface area contributed by atoms with Crippen LogP contribution in [0.15, 0.2) is 114 Å². The van der Waals surface area contributed by atoms with Gasteiger partial charge in [0, 0.05) is 12.2 Å². The van der Waals surface area contributed by atoms with E-state index in [1.54, 1.807) is 0 Å². The average Bonchev–Trinajstić information content (AvgIpc) is 3.45. The van der Waals surface area contributed by atoms with Gasteiger partial charge in [-0.3, -0.25) is 9.56 Å². The van der Waals surface area contributed by atoms with E-state index >= 15 is 0 Å². The molecule has 0 fully saturated rings. The molecular formula is C28H21N5. The molecule has 2 aromatic heterocycles. The lowest BCUT2D eigenvalue weighted by Gasteiger charge is -2.07. The monoisotopic (exact) mass is 427 g/mol. The molecule has 0 N–H and O–H groups in total. The van der Waals surface area contributed by atoms with Crippen molar-refractivity contribution < 1.29 is 0 Å². The molecule has 0 spiro atoms. The van der Waals surface area contributed by atoms with E-state index in [-0.39, 0.29) is 0 Å². The number of hydrogen-bond acceptors (Lipinski definition) is 3. The maximum atomic E-state index is 4.82. The molecule has 0 aliphatic carbocycles. The maximum absolute atomic E-state index is 4.82. The summed E-state index contributed by atoms with van der Waals surface area (Å²) >= 11 is 0. The topological polar surface area (TPSA) is 48.0 Å². The molecule has 4 aromatic carbocycles. The van der Waals surface area contributed by atoms with Crippen LogP contribution in [0.25, 0.3) is 27.8 Å². The van der Waals surface area contributed by atoms with E-state index in [1.165, 1.54) is 5.56 Å². The van der Waals surface area contributed by atoms with E-state index in [0.717, 1.165) is 45.8 Å². The number of nitrogens with zero attached hydrogens (tertiary/aromatic N) is 5. The van der Waals surface area contributed by atoms with Gasteiger partial charge in [-0.05, 0) is 48.0 Å². The number of imidazole rings is 2. The highest BCUT2D eigenvalue weighted by Gasteiger charge is 2.10. The zero-order valence-corrected chi connectivity index (χ0v) is 17.9. The molecule has 0 amide bonds. The van der Waals surface area contributed by atoms with Crippen LogP contribution >= 0.6 is 0 Å². The summed E-state index contributed by atoms with van der Waals surface area (Å²) in [6, 6.07) is 34.9. The lowest BCUT2D eigenvalue weighted by atomic mass is 10.2. The Morgan fingerprint density at radius 3 is 2.33 bits per heavy atom. The quantitative estimate of drug-likeness (QED) is 0.309. The van der Waals surface area contributed by atoms with Crippen molar-refractivity contribution in [1.29, 1.82) is 0 Å². The van der Waals surface area contributed by atoms with Crippen molar-refractivity contribution in [3.63, 3.8) is 0 Å². The van der Waals surface area contributed by atoms with Gasteiger partial charge in [-0.2, -0.15) is 0 Å². The van der Waals surface area contributed by atoms with Crippen molar-refractivity contribution in [1.82, 2.24) is 19.1 Å². The second kappa shape index (κ2) is 8.20. The Hall–Kier alpha value is -4.51. The van der Waals surface area contributed by atoms with Crippen LogP contribution in [-0.2, 0) is 6.54 Å². The first-order valence-corrected chi connectivity index (χ1v) is 10.9. The largest absolute Gasteiger partial charge is 0.319 e. The Bertz CT molecular complexity index is 1580. The lowest BCUT2D eigenvalue weighted by molar-refractivity contribution is 0.817. The van der Waals surface area contributed by atoms with Crippen LogP contribution < -0.4 is 0 Å². The molecule has 6 rings (SSSR count). The summed E-state index contributed by atoms with van der Waals surface area (Å²) in [6.45, 7) is 0.739. The van der Waals surface area contributed by atoms with Gasteiger partial charge in [-0.25, -0.2) is 9.97 Å². The molecule has 0 atom stereocenters. The van der Waals surface area contributed by atoms with Crippen LogP contribution in [0.4, 0.5) is 5.69 Å². The first kappa shape index (κ1) is 19.2. The van der Waals surface area contributed by atoms with Crippen molar-refractivity contribution in [2.75, 3.05) is 0 Å². The molecule has 0 saturated heterocycles. The van der Waals surface area contributed by atoms with Gasteiger partial charge in [0.15, 0.2) is 5.82 Å². The van der Waals surface area contributed by atoms with Crippen molar-refractivity contribution in [3.05, 3.63) is 121 Å². The van der Waals surface area contributed by atoms with Crippen LogP contribution in [0.3, 0.4) is 0 Å². The van der Waals surface area contributed by atoms with Gasteiger partial charge in [-0.15, -0.1) is 0 Å². The molecule has 5 nitrogen and oxygen atoms in total. The molecule has 2 heterocycles. The number of rotatable bonds is 5. The van der Waals surface area contributed by atoms with E-state index in [9.17, 15) is 0 Å². The Morgan fingerprint density at radius 1 is 0.727 bits per heavy atom. The highest BCUT2D eigenvalue weighted by atomic mass is 15.1. The average molecular weight is 428 g/mol. The Balaban J connectivity index is 1.36. The summed E-state index contributed by atoms with van der Waals surface area (Å²) in [5, 5.41) is 0. The molecule has 0 saturated carbocycles. The molecule has 0 unspecified atom stereocenters. The molecule has 0 bridgehead atoms. The first-order valence-electron chi connectivity index (χ1n) is 10.9. The summed E-state index contributed by atoms with van der Waals surface area (Å²) in [4.78, 5) is 14.2. The third kappa shape index (κ3) is 3.70. The van der Waals surface area contributed by atoms with E-state index in [2.05, 4.69) is 62.6 Å². The third-order valence-electron chi connectivity index (χ3n) is 5.76. The van der Waals surface area contributed by atoms with Crippen LogP contribution in [0.2, 0.25) is 0 Å². The number of aromatic nitrogens is 4. The normalized spacial score (nSPS) is 11.6. The number of fused-ring (bicyclic) bond motifs is 2. The zero-order valence-electron chi connectivity index (χ0n) is 17.9. The van der Waals surface area contributed by atoms with E-state index in [4.69, 9.17) is 9.98 Å². The van der Waals surface area contributed by atoms with E-state index in [1.807, 2.05) is 67.1 Å². The molecule has 158 valence electrons. The van der Waals surface area contributed by atoms with Gasteiger partial charge >= 0.3 is 0 Å². The Labute approximate surface area is 191 Å². The molecule has 0 aliphatic heterocycles. The van der Waals surface area contributed by atoms with Gasteiger partial charge in [0.1, 0.15) is 6.33 Å². The van der Waals surface area contributed by atoms with Crippen molar-refractivity contribution >= 4 is 34.0 Å². The van der Waals surface area contributed by atoms with Crippen molar-refractivity contribution in [2.24, 2.45) is 4.99 Å². The van der Waals surface area contributed by atoms with Gasteiger partial charge < -0.3 is 4.57 Å². The predicted molar refractivity (Wildman–Crippen MR) is 134 cm³/mol. The summed E-state index contributed by atoms with van der Waals surface area (Å²) in [5.41, 5.74) is 7.18. The van der Waals surface area contributed by atoms with Crippen LogP contribution in [0.5, 0.6) is 0 Å². The number of hydrogen-bond donors (Lipinski definition) is 0. The highest BCUT2D eigenvalue weighted by molar-refractivity contribution is 5.87. The van der Waals surface area contributed by atoms with Gasteiger partial charge in [0.05, 0.1) is 34.0 Å². The fraction of sp³-hybridized carbons (Fsp3) is 0.0357. The molecule has 0 aliphatic rings. The first-order chi connectivity index (χ1) is 16.3. The molecule has 0 radical (unpaired) electrons. The highest BCUT2D eigenvalue weighted by Crippen LogP contribution is 2.24. The minimum Gasteiger partial charge on any atom is -0.319 e. The molecular weight excluding hydrogens is 406 g/mol. The van der Waals surface area contributed by atoms with Crippen LogP contribution in [0, 0.1) is 0 Å². The van der Waals surface area contributed by atoms with E-state index in [0.29, 0.717) is 0 Å². The Morgan fingerprint density at radius 2 is 1.48 bits per heavy atom. The second-order valence-corrected chi connectivity index (χ2v) is 7.91. The van der Waals surface area contributed by atoms with Crippen molar-refractivity contribution in [3.8, 4) is 5.69 Å². The smallest absolute Gasteiger partial charge is 0.152 e.